The molecule has 0 radical (unpaired) electrons. The number of carbonyl (C=O) groups excluding carboxylic acids is 2. The number of benzene rings is 5. The molecule has 5 aromatic rings. The fraction of sp³-hybridized carbons (Fsp3) is 0. The second-order valence-corrected chi connectivity index (χ2v) is 8.59. The summed E-state index contributed by atoms with van der Waals surface area (Å²) in [5.41, 5.74) is 3.31. The van der Waals surface area contributed by atoms with E-state index in [1.807, 2.05) is 0 Å². The van der Waals surface area contributed by atoms with Crippen LogP contribution in [0.1, 0.15) is 20.7 Å². The van der Waals surface area contributed by atoms with Gasteiger partial charge in [-0.3, -0.25) is 9.59 Å². The molecule has 0 unspecified atom stereocenters. The molecule has 0 N–H and O–H groups in total. The SMILES string of the molecule is O=Cc1c(-c2ccc(F)cc2)c(-c2ccc(F)cc2)c(C=O)c(-c2ccc(F)cc2)c1-c1ccc(F)cc1. The molecule has 0 aliphatic carbocycles. The summed E-state index contributed by atoms with van der Waals surface area (Å²) in [6.45, 7) is 0. The van der Waals surface area contributed by atoms with Crippen LogP contribution in [-0.4, -0.2) is 12.6 Å². The first-order valence-electron chi connectivity index (χ1n) is 11.6. The summed E-state index contributed by atoms with van der Waals surface area (Å²) in [6.07, 6.45) is 1.23. The topological polar surface area (TPSA) is 34.1 Å². The maximum absolute atomic E-state index is 13.9. The van der Waals surface area contributed by atoms with E-state index in [9.17, 15) is 27.2 Å². The summed E-state index contributed by atoms with van der Waals surface area (Å²) in [7, 11) is 0. The molecule has 0 fully saturated rings. The van der Waals surface area contributed by atoms with Gasteiger partial charge in [-0.05, 0) is 70.8 Å². The highest BCUT2D eigenvalue weighted by Gasteiger charge is 2.27. The van der Waals surface area contributed by atoms with Crippen LogP contribution in [0.2, 0.25) is 0 Å². The average Bonchev–Trinajstić information content (AvgIpc) is 2.93. The second-order valence-electron chi connectivity index (χ2n) is 8.59. The van der Waals surface area contributed by atoms with Crippen LogP contribution in [0.25, 0.3) is 44.5 Å². The Hall–Kier alpha value is -4.84. The predicted molar refractivity (Wildman–Crippen MR) is 139 cm³/mol. The third-order valence-electron chi connectivity index (χ3n) is 6.34. The lowest BCUT2D eigenvalue weighted by Gasteiger charge is -2.24. The highest BCUT2D eigenvalue weighted by molar-refractivity contribution is 6.14. The molecule has 0 atom stereocenters. The number of aldehydes is 2. The van der Waals surface area contributed by atoms with Gasteiger partial charge in [0.15, 0.2) is 12.6 Å². The van der Waals surface area contributed by atoms with Crippen molar-refractivity contribution in [3.63, 3.8) is 0 Å². The lowest BCUT2D eigenvalue weighted by atomic mass is 9.78. The normalized spacial score (nSPS) is 10.8. The second kappa shape index (κ2) is 10.3. The first kappa shape index (κ1) is 24.8. The number of hydrogen-bond acceptors (Lipinski definition) is 2. The van der Waals surface area contributed by atoms with Gasteiger partial charge in [0.2, 0.25) is 0 Å². The minimum absolute atomic E-state index is 0.146. The zero-order valence-electron chi connectivity index (χ0n) is 19.7. The van der Waals surface area contributed by atoms with Crippen molar-refractivity contribution in [2.45, 2.75) is 0 Å². The van der Waals surface area contributed by atoms with Crippen LogP contribution in [0.4, 0.5) is 17.6 Å². The average molecular weight is 510 g/mol. The standard InChI is InChI=1S/C32H18F4O2/c33-23-9-1-19(2-10-23)29-27(17-37)31(21-5-13-25(35)14-6-21)32(22-7-15-26(36)16-8-22)28(18-38)30(29)20-3-11-24(34)12-4-20/h1-18H. The Kier molecular flexibility index (Phi) is 6.71. The van der Waals surface area contributed by atoms with Gasteiger partial charge in [-0.15, -0.1) is 0 Å². The predicted octanol–water partition coefficient (Wildman–Crippen LogP) is 8.54. The summed E-state index contributed by atoms with van der Waals surface area (Å²) >= 11 is 0. The molecule has 0 amide bonds. The lowest BCUT2D eigenvalue weighted by Crippen LogP contribution is -2.05. The van der Waals surface area contributed by atoms with Crippen molar-refractivity contribution in [2.75, 3.05) is 0 Å². The highest BCUT2D eigenvalue weighted by Crippen LogP contribution is 2.48. The van der Waals surface area contributed by atoms with E-state index in [-0.39, 0.29) is 11.1 Å². The first-order valence-corrected chi connectivity index (χ1v) is 11.6. The van der Waals surface area contributed by atoms with Crippen LogP contribution < -0.4 is 0 Å². The summed E-state index contributed by atoms with van der Waals surface area (Å²) in [5, 5.41) is 0. The van der Waals surface area contributed by atoms with Crippen molar-refractivity contribution in [3.05, 3.63) is 131 Å². The van der Waals surface area contributed by atoms with Crippen molar-refractivity contribution >= 4 is 12.6 Å². The summed E-state index contributed by atoms with van der Waals surface area (Å²) < 4.78 is 55.5. The molecule has 5 rings (SSSR count). The maximum atomic E-state index is 13.9. The Morgan fingerprint density at radius 3 is 0.684 bits per heavy atom. The third-order valence-corrected chi connectivity index (χ3v) is 6.34. The Morgan fingerprint density at radius 1 is 0.342 bits per heavy atom. The van der Waals surface area contributed by atoms with E-state index in [4.69, 9.17) is 0 Å². The van der Waals surface area contributed by atoms with Gasteiger partial charge in [0.25, 0.3) is 0 Å². The van der Waals surface area contributed by atoms with Gasteiger partial charge in [0.05, 0.1) is 0 Å². The van der Waals surface area contributed by atoms with Gasteiger partial charge in [0, 0.05) is 33.4 Å². The summed E-state index contributed by atoms with van der Waals surface area (Å²) in [6, 6.07) is 21.6. The molecule has 0 saturated heterocycles. The number of hydrogen-bond donors (Lipinski definition) is 0. The Balaban J connectivity index is 2.03. The molecule has 0 bridgehead atoms. The summed E-state index contributed by atoms with van der Waals surface area (Å²) in [4.78, 5) is 25.7. The molecule has 6 heteroatoms. The quantitative estimate of drug-likeness (QED) is 0.169. The van der Waals surface area contributed by atoms with Crippen molar-refractivity contribution < 1.29 is 27.2 Å². The summed E-state index contributed by atoms with van der Waals surface area (Å²) in [5.74, 6) is -1.99. The zero-order chi connectivity index (χ0) is 26.8. The van der Waals surface area contributed by atoms with Crippen molar-refractivity contribution in [3.8, 4) is 44.5 Å². The molecule has 0 heterocycles. The monoisotopic (exact) mass is 510 g/mol. The molecule has 0 saturated carbocycles. The molecular weight excluding hydrogens is 492 g/mol. The van der Waals surface area contributed by atoms with Crippen LogP contribution in [0, 0.1) is 23.3 Å². The van der Waals surface area contributed by atoms with E-state index in [1.165, 1.54) is 97.1 Å². The minimum Gasteiger partial charge on any atom is -0.298 e. The highest BCUT2D eigenvalue weighted by atomic mass is 19.1. The fourth-order valence-corrected chi connectivity index (χ4v) is 4.69. The fourth-order valence-electron chi connectivity index (χ4n) is 4.69. The molecule has 0 aliphatic rings. The number of halogens is 4. The molecular formula is C32H18F4O2. The maximum Gasteiger partial charge on any atom is 0.151 e. The molecule has 5 aromatic carbocycles. The van der Waals surface area contributed by atoms with Crippen LogP contribution in [0.15, 0.2) is 97.1 Å². The third kappa shape index (κ3) is 4.52. The largest absolute Gasteiger partial charge is 0.298 e. The first-order chi connectivity index (χ1) is 18.4. The zero-order valence-corrected chi connectivity index (χ0v) is 19.7. The van der Waals surface area contributed by atoms with Crippen LogP contribution in [-0.2, 0) is 0 Å². The van der Waals surface area contributed by atoms with E-state index in [1.54, 1.807) is 0 Å². The van der Waals surface area contributed by atoms with Gasteiger partial charge >= 0.3 is 0 Å². The molecule has 0 aliphatic heterocycles. The molecule has 2 nitrogen and oxygen atoms in total. The van der Waals surface area contributed by atoms with Gasteiger partial charge < -0.3 is 0 Å². The molecule has 0 spiro atoms. The van der Waals surface area contributed by atoms with E-state index < -0.39 is 23.3 Å². The minimum atomic E-state index is -0.498. The van der Waals surface area contributed by atoms with Crippen molar-refractivity contribution in [1.29, 1.82) is 0 Å². The van der Waals surface area contributed by atoms with Gasteiger partial charge in [0.1, 0.15) is 23.3 Å². The molecule has 38 heavy (non-hydrogen) atoms. The Morgan fingerprint density at radius 2 is 0.526 bits per heavy atom. The smallest absolute Gasteiger partial charge is 0.151 e. The van der Waals surface area contributed by atoms with E-state index in [0.717, 1.165) is 0 Å². The van der Waals surface area contributed by atoms with Gasteiger partial charge in [-0.25, -0.2) is 17.6 Å². The number of carbonyl (C=O) groups is 2. The van der Waals surface area contributed by atoms with Gasteiger partial charge in [-0.2, -0.15) is 0 Å². The van der Waals surface area contributed by atoms with Crippen molar-refractivity contribution in [1.82, 2.24) is 0 Å². The lowest BCUT2D eigenvalue weighted by molar-refractivity contribution is 0.111. The Bertz CT molecular complexity index is 1400. The number of rotatable bonds is 6. The van der Waals surface area contributed by atoms with E-state index in [0.29, 0.717) is 57.1 Å². The van der Waals surface area contributed by atoms with Gasteiger partial charge in [-0.1, -0.05) is 48.5 Å². The van der Waals surface area contributed by atoms with Crippen LogP contribution in [0.3, 0.4) is 0 Å². The van der Waals surface area contributed by atoms with Crippen LogP contribution in [0.5, 0.6) is 0 Å². The van der Waals surface area contributed by atoms with Crippen molar-refractivity contribution in [2.24, 2.45) is 0 Å². The molecule has 0 aromatic heterocycles. The van der Waals surface area contributed by atoms with E-state index >= 15 is 0 Å². The van der Waals surface area contributed by atoms with E-state index in [2.05, 4.69) is 0 Å². The Labute approximate surface area is 215 Å². The molecule has 186 valence electrons. The van der Waals surface area contributed by atoms with Crippen LogP contribution >= 0.6 is 0 Å².